The van der Waals surface area contributed by atoms with Crippen molar-refractivity contribution in [3.05, 3.63) is 47.3 Å². The number of carboxylic acid groups (broad SMARTS) is 1. The molecule has 0 radical (unpaired) electrons. The fourth-order valence-electron chi connectivity index (χ4n) is 3.28. The first kappa shape index (κ1) is 18.8. The number of aromatic nitrogens is 2. The summed E-state index contributed by atoms with van der Waals surface area (Å²) in [5.74, 6) is -2.23. The number of nitrogens with one attached hydrogen (secondary N) is 1. The number of Topliss-reactive ketones (excluding diaryl/α,β-unsaturated/α-hetero) is 1. The summed E-state index contributed by atoms with van der Waals surface area (Å²) < 4.78 is 3.12. The van der Waals surface area contributed by atoms with E-state index in [-0.39, 0.29) is 10.7 Å². The summed E-state index contributed by atoms with van der Waals surface area (Å²) in [6.07, 6.45) is 5.50. The normalized spacial score (nSPS) is 26.1. The van der Waals surface area contributed by atoms with Gasteiger partial charge in [-0.2, -0.15) is 0 Å². The van der Waals surface area contributed by atoms with Crippen LogP contribution >= 0.6 is 23.5 Å². The van der Waals surface area contributed by atoms with E-state index in [1.807, 2.05) is 13.8 Å². The second kappa shape index (κ2) is 6.80. The van der Waals surface area contributed by atoms with E-state index in [2.05, 4.69) is 24.7 Å². The molecule has 2 atom stereocenters. The first-order valence-corrected chi connectivity index (χ1v) is 9.49. The molecule has 1 aromatic rings. The van der Waals surface area contributed by atoms with Crippen LogP contribution in [0.4, 0.5) is 0 Å². The molecular formula is C17H15ClN6O3S. The minimum absolute atomic E-state index is 0.241. The lowest BCUT2D eigenvalue weighted by Gasteiger charge is -2.40. The van der Waals surface area contributed by atoms with Crippen molar-refractivity contribution >= 4 is 46.3 Å². The number of nitrogens with zero attached hydrogens (tertiary/aromatic N) is 5. The van der Waals surface area contributed by atoms with Crippen LogP contribution < -0.4 is 4.72 Å². The number of amidine groups is 2. The average Bonchev–Trinajstić information content (AvgIpc) is 3.11. The number of ketones is 1. The SMILES string of the molecule is CC1(C)C=C(Cl)N=C2C1C(=O)C(C(=O)O)=CN2C1=NC(c2ccncn2)NS1. The molecule has 0 aliphatic carbocycles. The number of halogens is 1. The zero-order valence-electron chi connectivity index (χ0n) is 14.8. The Morgan fingerprint density at radius 1 is 1.43 bits per heavy atom. The summed E-state index contributed by atoms with van der Waals surface area (Å²) in [4.78, 5) is 43.0. The van der Waals surface area contributed by atoms with Gasteiger partial charge < -0.3 is 5.11 Å². The van der Waals surface area contributed by atoms with Gasteiger partial charge in [0.2, 0.25) is 0 Å². The Labute approximate surface area is 169 Å². The molecule has 1 aromatic heterocycles. The van der Waals surface area contributed by atoms with Gasteiger partial charge in [-0.1, -0.05) is 25.4 Å². The number of carbonyl (C=O) groups is 2. The van der Waals surface area contributed by atoms with Crippen molar-refractivity contribution in [3.63, 3.8) is 0 Å². The predicted octanol–water partition coefficient (Wildman–Crippen LogP) is 2.07. The van der Waals surface area contributed by atoms with Crippen LogP contribution in [0.3, 0.4) is 0 Å². The number of carbonyl (C=O) groups excluding carboxylic acids is 1. The molecular weight excluding hydrogens is 404 g/mol. The van der Waals surface area contributed by atoms with Gasteiger partial charge in [0.25, 0.3) is 0 Å². The predicted molar refractivity (Wildman–Crippen MR) is 104 cm³/mol. The molecule has 0 aromatic carbocycles. The van der Waals surface area contributed by atoms with E-state index >= 15 is 0 Å². The van der Waals surface area contributed by atoms with Gasteiger partial charge in [0.05, 0.1) is 11.6 Å². The molecule has 0 saturated heterocycles. The number of allylic oxidation sites excluding steroid dienone is 1. The van der Waals surface area contributed by atoms with Gasteiger partial charge in [-0.05, 0) is 24.1 Å². The maximum atomic E-state index is 12.9. The molecule has 28 heavy (non-hydrogen) atoms. The fourth-order valence-corrected chi connectivity index (χ4v) is 4.44. The van der Waals surface area contributed by atoms with Gasteiger partial charge >= 0.3 is 5.97 Å². The lowest BCUT2D eigenvalue weighted by atomic mass is 9.71. The molecule has 0 amide bonds. The summed E-state index contributed by atoms with van der Waals surface area (Å²) in [5.41, 5.74) is -0.368. The molecule has 144 valence electrons. The highest BCUT2D eigenvalue weighted by molar-refractivity contribution is 8.12. The molecule has 2 N–H and O–H groups in total. The molecule has 0 bridgehead atoms. The van der Waals surface area contributed by atoms with E-state index in [1.54, 1.807) is 18.3 Å². The van der Waals surface area contributed by atoms with Gasteiger partial charge in [0.1, 0.15) is 22.9 Å². The largest absolute Gasteiger partial charge is 0.478 e. The van der Waals surface area contributed by atoms with Gasteiger partial charge in [-0.15, -0.1) is 0 Å². The minimum atomic E-state index is -1.30. The van der Waals surface area contributed by atoms with Crippen LogP contribution in [-0.4, -0.2) is 42.7 Å². The Bertz CT molecular complexity index is 988. The van der Waals surface area contributed by atoms with E-state index in [0.717, 1.165) is 0 Å². The van der Waals surface area contributed by atoms with E-state index in [4.69, 9.17) is 11.6 Å². The van der Waals surface area contributed by atoms with Gasteiger partial charge in [0.15, 0.2) is 17.1 Å². The van der Waals surface area contributed by atoms with Gasteiger partial charge in [-0.3, -0.25) is 9.69 Å². The van der Waals surface area contributed by atoms with Crippen molar-refractivity contribution in [1.82, 2.24) is 19.6 Å². The van der Waals surface area contributed by atoms with Crippen molar-refractivity contribution < 1.29 is 14.7 Å². The highest BCUT2D eigenvalue weighted by atomic mass is 35.5. The third kappa shape index (κ3) is 3.13. The number of carboxylic acids is 1. The Morgan fingerprint density at radius 2 is 2.21 bits per heavy atom. The smallest absolute Gasteiger partial charge is 0.340 e. The number of hydrogen-bond donors (Lipinski definition) is 2. The Kier molecular flexibility index (Phi) is 4.56. The van der Waals surface area contributed by atoms with Crippen LogP contribution in [0.2, 0.25) is 0 Å². The summed E-state index contributed by atoms with van der Waals surface area (Å²) >= 11 is 7.38. The number of rotatable bonds is 2. The van der Waals surface area contributed by atoms with Crippen molar-refractivity contribution in [2.75, 3.05) is 0 Å². The quantitative estimate of drug-likeness (QED) is 0.425. The van der Waals surface area contributed by atoms with Crippen molar-refractivity contribution in [1.29, 1.82) is 0 Å². The van der Waals surface area contributed by atoms with Crippen molar-refractivity contribution in [2.24, 2.45) is 21.3 Å². The molecule has 9 nitrogen and oxygen atoms in total. The summed E-state index contributed by atoms with van der Waals surface area (Å²) in [6, 6.07) is 1.73. The topological polar surface area (TPSA) is 120 Å². The number of aliphatic imine (C=N–C) groups is 2. The fraction of sp³-hybridized carbons (Fsp3) is 0.294. The van der Waals surface area contributed by atoms with E-state index < -0.39 is 29.3 Å². The second-order valence-corrected chi connectivity index (χ2v) is 8.13. The highest BCUT2D eigenvalue weighted by Gasteiger charge is 2.49. The molecule has 2 unspecified atom stereocenters. The molecule has 3 aliphatic heterocycles. The van der Waals surface area contributed by atoms with E-state index in [0.29, 0.717) is 16.7 Å². The van der Waals surface area contributed by atoms with Crippen LogP contribution in [0.15, 0.2) is 51.6 Å². The maximum absolute atomic E-state index is 12.9. The molecule has 11 heteroatoms. The molecule has 0 saturated carbocycles. The molecule has 0 spiro atoms. The van der Waals surface area contributed by atoms with Gasteiger partial charge in [0, 0.05) is 17.8 Å². The first-order chi connectivity index (χ1) is 13.3. The number of fused-ring (bicyclic) bond motifs is 1. The molecule has 4 rings (SSSR count). The second-order valence-electron chi connectivity index (χ2n) is 6.94. The Morgan fingerprint density at radius 3 is 2.89 bits per heavy atom. The van der Waals surface area contributed by atoms with Crippen LogP contribution in [0.1, 0.15) is 25.7 Å². The lowest BCUT2D eigenvalue weighted by molar-refractivity contribution is -0.135. The van der Waals surface area contributed by atoms with E-state index in [1.165, 1.54) is 29.4 Å². The number of hydrogen-bond acceptors (Lipinski definition) is 9. The van der Waals surface area contributed by atoms with E-state index in [9.17, 15) is 14.7 Å². The monoisotopic (exact) mass is 418 g/mol. The third-order valence-electron chi connectivity index (χ3n) is 4.57. The Hall–Kier alpha value is -2.56. The third-order valence-corrected chi connectivity index (χ3v) is 5.59. The van der Waals surface area contributed by atoms with Crippen molar-refractivity contribution in [3.8, 4) is 0 Å². The molecule has 4 heterocycles. The standard InChI is InChI=1S/C17H15ClN6O3S/c1-17(2)5-10(18)21-14-11(17)12(25)8(15(26)27)6-24(14)16-22-13(23-28-16)9-3-4-19-7-20-9/h3-7,11,13,23H,1-2H3,(H,26,27). The lowest BCUT2D eigenvalue weighted by Crippen LogP contribution is -2.51. The zero-order valence-corrected chi connectivity index (χ0v) is 16.4. The van der Waals surface area contributed by atoms with Crippen LogP contribution in [-0.2, 0) is 9.59 Å². The molecule has 3 aliphatic rings. The minimum Gasteiger partial charge on any atom is -0.478 e. The first-order valence-electron chi connectivity index (χ1n) is 8.29. The number of aliphatic carboxylic acids is 1. The van der Waals surface area contributed by atoms with Crippen molar-refractivity contribution in [2.45, 2.75) is 20.0 Å². The Balaban J connectivity index is 1.79. The summed E-state index contributed by atoms with van der Waals surface area (Å²) in [6.45, 7) is 3.64. The van der Waals surface area contributed by atoms with Crippen LogP contribution in [0, 0.1) is 11.3 Å². The maximum Gasteiger partial charge on any atom is 0.340 e. The van der Waals surface area contributed by atoms with Crippen LogP contribution in [0.5, 0.6) is 0 Å². The summed E-state index contributed by atoms with van der Waals surface area (Å²) in [7, 11) is 0. The summed E-state index contributed by atoms with van der Waals surface area (Å²) in [5, 5.41) is 10.2. The zero-order chi connectivity index (χ0) is 20.1. The highest BCUT2D eigenvalue weighted by Crippen LogP contribution is 2.42. The van der Waals surface area contributed by atoms with Gasteiger partial charge in [-0.25, -0.2) is 29.5 Å². The molecule has 0 fully saturated rings. The van der Waals surface area contributed by atoms with Crippen LogP contribution in [0.25, 0.3) is 0 Å². The average molecular weight is 419 g/mol.